The van der Waals surface area contributed by atoms with Gasteiger partial charge in [0.05, 0.1) is 5.56 Å². The number of carbonyl (C=O) groups excluding carboxylic acids is 1. The van der Waals surface area contributed by atoms with Gasteiger partial charge in [-0.3, -0.25) is 4.79 Å². The highest BCUT2D eigenvalue weighted by molar-refractivity contribution is 6.30. The highest BCUT2D eigenvalue weighted by Gasteiger charge is 2.19. The van der Waals surface area contributed by atoms with Crippen molar-refractivity contribution in [2.24, 2.45) is 0 Å². The first-order valence-corrected chi connectivity index (χ1v) is 7.38. The Morgan fingerprint density at radius 3 is 2.33 bits per heavy atom. The van der Waals surface area contributed by atoms with Crippen LogP contribution in [0.25, 0.3) is 0 Å². The number of benzene rings is 1. The van der Waals surface area contributed by atoms with E-state index in [-0.39, 0.29) is 11.9 Å². The SMILES string of the molecule is Cc1oc(C)c(C(=O)NC(C)Cc2ccc(Cl)cc2)c1C. The van der Waals surface area contributed by atoms with Crippen molar-refractivity contribution in [2.45, 2.75) is 40.2 Å². The fraction of sp³-hybridized carbons (Fsp3) is 0.353. The number of furan rings is 1. The minimum atomic E-state index is -0.0803. The smallest absolute Gasteiger partial charge is 0.255 e. The van der Waals surface area contributed by atoms with Crippen molar-refractivity contribution in [2.75, 3.05) is 0 Å². The molecule has 0 fully saturated rings. The van der Waals surface area contributed by atoms with Gasteiger partial charge >= 0.3 is 0 Å². The van der Waals surface area contributed by atoms with E-state index < -0.39 is 0 Å². The zero-order valence-electron chi connectivity index (χ0n) is 12.8. The molecule has 112 valence electrons. The average Bonchev–Trinajstić information content (AvgIpc) is 2.66. The normalized spacial score (nSPS) is 12.2. The topological polar surface area (TPSA) is 42.2 Å². The van der Waals surface area contributed by atoms with Crippen LogP contribution in [0.4, 0.5) is 0 Å². The molecule has 2 aromatic rings. The lowest BCUT2D eigenvalue weighted by atomic mass is 10.1. The molecule has 0 aliphatic rings. The molecule has 0 spiro atoms. The first-order valence-electron chi connectivity index (χ1n) is 7.00. The van der Waals surface area contributed by atoms with Gasteiger partial charge in [0.2, 0.25) is 0 Å². The second-order valence-electron chi connectivity index (χ2n) is 5.42. The largest absolute Gasteiger partial charge is 0.466 e. The third-order valence-corrected chi connectivity index (χ3v) is 3.87. The Hall–Kier alpha value is -1.74. The van der Waals surface area contributed by atoms with Gasteiger partial charge in [-0.15, -0.1) is 0 Å². The molecule has 0 saturated carbocycles. The Labute approximate surface area is 130 Å². The van der Waals surface area contributed by atoms with Gasteiger partial charge in [-0.05, 0) is 51.8 Å². The molecule has 1 amide bonds. The minimum absolute atomic E-state index is 0.0349. The van der Waals surface area contributed by atoms with Crippen LogP contribution in [0, 0.1) is 20.8 Å². The van der Waals surface area contributed by atoms with E-state index in [0.29, 0.717) is 11.3 Å². The van der Waals surface area contributed by atoms with Crippen molar-refractivity contribution in [3.05, 3.63) is 57.5 Å². The molecule has 1 aromatic carbocycles. The van der Waals surface area contributed by atoms with Crippen LogP contribution in [-0.4, -0.2) is 11.9 Å². The maximum absolute atomic E-state index is 12.4. The summed E-state index contributed by atoms with van der Waals surface area (Å²) in [6.07, 6.45) is 0.762. The summed E-state index contributed by atoms with van der Waals surface area (Å²) in [5.74, 6) is 1.38. The highest BCUT2D eigenvalue weighted by Crippen LogP contribution is 2.20. The predicted molar refractivity (Wildman–Crippen MR) is 85.0 cm³/mol. The van der Waals surface area contributed by atoms with Crippen LogP contribution >= 0.6 is 11.6 Å². The Kier molecular flexibility index (Phi) is 4.73. The van der Waals surface area contributed by atoms with Crippen molar-refractivity contribution < 1.29 is 9.21 Å². The van der Waals surface area contributed by atoms with E-state index in [1.54, 1.807) is 0 Å². The number of hydrogen-bond acceptors (Lipinski definition) is 2. The maximum atomic E-state index is 12.4. The van der Waals surface area contributed by atoms with Crippen LogP contribution in [0.3, 0.4) is 0 Å². The molecule has 1 unspecified atom stereocenters. The summed E-state index contributed by atoms with van der Waals surface area (Å²) >= 11 is 5.87. The van der Waals surface area contributed by atoms with Crippen LogP contribution in [0.1, 0.15) is 39.9 Å². The molecule has 21 heavy (non-hydrogen) atoms. The monoisotopic (exact) mass is 305 g/mol. The highest BCUT2D eigenvalue weighted by atomic mass is 35.5. The van der Waals surface area contributed by atoms with E-state index in [1.165, 1.54) is 0 Å². The van der Waals surface area contributed by atoms with Gasteiger partial charge in [0.1, 0.15) is 11.5 Å². The maximum Gasteiger partial charge on any atom is 0.255 e. The van der Waals surface area contributed by atoms with Crippen LogP contribution < -0.4 is 5.32 Å². The van der Waals surface area contributed by atoms with Crippen LogP contribution in [0.5, 0.6) is 0 Å². The average molecular weight is 306 g/mol. The quantitative estimate of drug-likeness (QED) is 0.919. The lowest BCUT2D eigenvalue weighted by Gasteiger charge is -2.14. The molecule has 1 N–H and O–H groups in total. The van der Waals surface area contributed by atoms with Crippen molar-refractivity contribution in [1.29, 1.82) is 0 Å². The van der Waals surface area contributed by atoms with E-state index in [4.69, 9.17) is 16.0 Å². The first kappa shape index (κ1) is 15.6. The molecule has 0 radical (unpaired) electrons. The van der Waals surface area contributed by atoms with E-state index in [2.05, 4.69) is 5.32 Å². The lowest BCUT2D eigenvalue weighted by Crippen LogP contribution is -2.34. The number of aryl methyl sites for hydroxylation is 2. The fourth-order valence-electron chi connectivity index (χ4n) is 2.45. The number of rotatable bonds is 4. The van der Waals surface area contributed by atoms with E-state index in [1.807, 2.05) is 52.0 Å². The number of amides is 1. The summed E-state index contributed by atoms with van der Waals surface area (Å²) in [5.41, 5.74) is 2.70. The van der Waals surface area contributed by atoms with Crippen molar-refractivity contribution in [3.8, 4) is 0 Å². The van der Waals surface area contributed by atoms with Gasteiger partial charge in [-0.1, -0.05) is 23.7 Å². The third-order valence-electron chi connectivity index (χ3n) is 3.62. The number of halogens is 1. The standard InChI is InChI=1S/C17H20ClNO2/c1-10(9-14-5-7-15(18)8-6-14)19-17(20)16-11(2)12(3)21-13(16)4/h5-8,10H,9H2,1-4H3,(H,19,20). The van der Waals surface area contributed by atoms with Crippen LogP contribution in [0.15, 0.2) is 28.7 Å². The van der Waals surface area contributed by atoms with Gasteiger partial charge in [0, 0.05) is 16.6 Å². The van der Waals surface area contributed by atoms with E-state index >= 15 is 0 Å². The molecule has 0 saturated heterocycles. The number of hydrogen-bond donors (Lipinski definition) is 1. The summed E-state index contributed by atoms with van der Waals surface area (Å²) in [4.78, 5) is 12.4. The second kappa shape index (κ2) is 6.35. The zero-order chi connectivity index (χ0) is 15.6. The first-order chi connectivity index (χ1) is 9.88. The molecular weight excluding hydrogens is 286 g/mol. The second-order valence-corrected chi connectivity index (χ2v) is 5.86. The summed E-state index contributed by atoms with van der Waals surface area (Å²) in [6.45, 7) is 7.59. The van der Waals surface area contributed by atoms with Crippen LogP contribution in [-0.2, 0) is 6.42 Å². The molecule has 0 aliphatic carbocycles. The third kappa shape index (κ3) is 3.67. The Morgan fingerprint density at radius 2 is 1.81 bits per heavy atom. The van der Waals surface area contributed by atoms with Crippen molar-refractivity contribution >= 4 is 17.5 Å². The molecular formula is C17H20ClNO2. The van der Waals surface area contributed by atoms with Crippen molar-refractivity contribution in [1.82, 2.24) is 5.32 Å². The van der Waals surface area contributed by atoms with Gasteiger partial charge in [-0.25, -0.2) is 0 Å². The molecule has 0 aliphatic heterocycles. The summed E-state index contributed by atoms with van der Waals surface area (Å²) < 4.78 is 5.50. The van der Waals surface area contributed by atoms with E-state index in [0.717, 1.165) is 28.3 Å². The Morgan fingerprint density at radius 1 is 1.19 bits per heavy atom. The molecule has 1 aromatic heterocycles. The molecule has 4 heteroatoms. The Bertz CT molecular complexity index is 644. The summed E-state index contributed by atoms with van der Waals surface area (Å²) in [5, 5.41) is 3.74. The molecule has 2 rings (SSSR count). The van der Waals surface area contributed by atoms with Gasteiger partial charge in [0.15, 0.2) is 0 Å². The number of carbonyl (C=O) groups is 1. The van der Waals surface area contributed by atoms with Gasteiger partial charge < -0.3 is 9.73 Å². The van der Waals surface area contributed by atoms with Gasteiger partial charge in [0.25, 0.3) is 5.91 Å². The minimum Gasteiger partial charge on any atom is -0.466 e. The summed E-state index contributed by atoms with van der Waals surface area (Å²) in [7, 11) is 0. The van der Waals surface area contributed by atoms with Crippen molar-refractivity contribution in [3.63, 3.8) is 0 Å². The summed E-state index contributed by atoms with van der Waals surface area (Å²) in [6, 6.07) is 7.71. The molecule has 3 nitrogen and oxygen atoms in total. The number of nitrogens with one attached hydrogen (secondary N) is 1. The zero-order valence-corrected chi connectivity index (χ0v) is 13.5. The predicted octanol–water partition coefficient (Wildman–Crippen LogP) is 4.22. The van der Waals surface area contributed by atoms with Gasteiger partial charge in [-0.2, -0.15) is 0 Å². The fourth-order valence-corrected chi connectivity index (χ4v) is 2.57. The van der Waals surface area contributed by atoms with Crippen LogP contribution in [0.2, 0.25) is 5.02 Å². The molecule has 0 bridgehead atoms. The van der Waals surface area contributed by atoms with E-state index in [9.17, 15) is 4.79 Å². The molecule has 1 atom stereocenters. The lowest BCUT2D eigenvalue weighted by molar-refractivity contribution is 0.0938. The molecule has 1 heterocycles. The Balaban J connectivity index is 2.03.